The monoisotopic (exact) mass is 329 g/mol. The van der Waals surface area contributed by atoms with Crippen molar-refractivity contribution < 1.29 is 23.0 Å². The molecule has 1 aromatic carbocycles. The zero-order valence-corrected chi connectivity index (χ0v) is 13.1. The van der Waals surface area contributed by atoms with Gasteiger partial charge >= 0.3 is 6.36 Å². The summed E-state index contributed by atoms with van der Waals surface area (Å²) in [4.78, 5) is 2.21. The molecule has 3 nitrogen and oxygen atoms in total. The van der Waals surface area contributed by atoms with Gasteiger partial charge in [0.1, 0.15) is 5.75 Å². The van der Waals surface area contributed by atoms with Crippen molar-refractivity contribution >= 4 is 0 Å². The van der Waals surface area contributed by atoms with Crippen molar-refractivity contribution in [1.29, 1.82) is 0 Å². The molecule has 2 aliphatic carbocycles. The van der Waals surface area contributed by atoms with Crippen molar-refractivity contribution in [2.24, 2.45) is 11.8 Å². The zero-order chi connectivity index (χ0) is 16.6. The highest BCUT2D eigenvalue weighted by molar-refractivity contribution is 5.28. The van der Waals surface area contributed by atoms with Crippen molar-refractivity contribution in [2.45, 2.75) is 50.7 Å². The van der Waals surface area contributed by atoms with Crippen LogP contribution in [-0.4, -0.2) is 35.6 Å². The number of nitrogens with zero attached hydrogens (tertiary/aromatic N) is 1. The molecule has 0 aromatic heterocycles. The van der Waals surface area contributed by atoms with Crippen LogP contribution in [0.3, 0.4) is 0 Å². The minimum atomic E-state index is -4.66. The van der Waals surface area contributed by atoms with Crippen LogP contribution in [0, 0.1) is 11.8 Å². The van der Waals surface area contributed by atoms with Gasteiger partial charge in [-0.1, -0.05) is 12.1 Å². The van der Waals surface area contributed by atoms with E-state index in [4.69, 9.17) is 0 Å². The maximum atomic E-state index is 12.3. The van der Waals surface area contributed by atoms with Gasteiger partial charge in [-0.3, -0.25) is 4.90 Å². The third kappa shape index (κ3) is 4.18. The number of ether oxygens (including phenoxy) is 1. The van der Waals surface area contributed by atoms with Crippen LogP contribution >= 0.6 is 0 Å². The van der Waals surface area contributed by atoms with E-state index in [0.717, 1.165) is 31.2 Å². The summed E-state index contributed by atoms with van der Waals surface area (Å²) in [5.74, 6) is 1.02. The molecule has 0 heterocycles. The van der Waals surface area contributed by atoms with E-state index < -0.39 is 6.36 Å². The first-order chi connectivity index (χ1) is 10.8. The summed E-state index contributed by atoms with van der Waals surface area (Å²) in [7, 11) is 2.01. The maximum Gasteiger partial charge on any atom is 0.573 e. The third-order valence-corrected chi connectivity index (χ3v) is 5.15. The Morgan fingerprint density at radius 1 is 1.17 bits per heavy atom. The van der Waals surface area contributed by atoms with Gasteiger partial charge < -0.3 is 9.84 Å². The van der Waals surface area contributed by atoms with Crippen molar-refractivity contribution in [3.05, 3.63) is 29.8 Å². The lowest BCUT2D eigenvalue weighted by Gasteiger charge is -2.25. The molecule has 0 bridgehead atoms. The first-order valence-electron chi connectivity index (χ1n) is 8.03. The van der Waals surface area contributed by atoms with Crippen molar-refractivity contribution in [1.82, 2.24) is 4.90 Å². The molecule has 23 heavy (non-hydrogen) atoms. The Bertz CT molecular complexity index is 535. The highest BCUT2D eigenvalue weighted by Gasteiger charge is 2.42. The Morgan fingerprint density at radius 3 is 2.43 bits per heavy atom. The normalized spacial score (nSPS) is 30.7. The molecule has 0 amide bonds. The van der Waals surface area contributed by atoms with Crippen molar-refractivity contribution in [3.8, 4) is 5.75 Å². The SMILES string of the molecule is CN(Cc1cccc(OC(F)(F)F)c1)C1C[C@H]2CC(O)C[C@H]2C1. The van der Waals surface area contributed by atoms with Gasteiger partial charge in [0.2, 0.25) is 0 Å². The lowest BCUT2D eigenvalue weighted by molar-refractivity contribution is -0.274. The van der Waals surface area contributed by atoms with Gasteiger partial charge in [0.25, 0.3) is 0 Å². The van der Waals surface area contributed by atoms with Crippen LogP contribution in [0.2, 0.25) is 0 Å². The van der Waals surface area contributed by atoms with Gasteiger partial charge in [-0.05, 0) is 62.3 Å². The lowest BCUT2D eigenvalue weighted by Crippen LogP contribution is -2.29. The minimum absolute atomic E-state index is 0.146. The largest absolute Gasteiger partial charge is 0.573 e. The average molecular weight is 329 g/mol. The quantitative estimate of drug-likeness (QED) is 0.917. The molecule has 2 fully saturated rings. The number of benzene rings is 1. The number of hydrogen-bond acceptors (Lipinski definition) is 3. The van der Waals surface area contributed by atoms with Crippen LogP contribution in [0.25, 0.3) is 0 Å². The standard InChI is InChI=1S/C17H22F3NO2/c1-21(14-6-12-8-15(22)9-13(12)7-14)10-11-3-2-4-16(5-11)23-17(18,19)20/h2-5,12-15,22H,6-10H2,1H3/t12-,13+,14?,15?. The Hall–Kier alpha value is -1.27. The fourth-order valence-corrected chi connectivity index (χ4v) is 4.17. The predicted octanol–water partition coefficient (Wildman–Crippen LogP) is 3.57. The Kier molecular flexibility index (Phi) is 4.56. The summed E-state index contributed by atoms with van der Waals surface area (Å²) in [6.07, 6.45) is -0.886. The number of halogens is 3. The van der Waals surface area contributed by atoms with Crippen LogP contribution < -0.4 is 4.74 Å². The second-order valence-electron chi connectivity index (χ2n) is 6.88. The number of fused-ring (bicyclic) bond motifs is 1. The molecule has 2 saturated carbocycles. The third-order valence-electron chi connectivity index (χ3n) is 5.15. The molecule has 128 valence electrons. The molecule has 0 aliphatic heterocycles. The average Bonchev–Trinajstić information content (AvgIpc) is 2.94. The summed E-state index contributed by atoms with van der Waals surface area (Å²) < 4.78 is 40.8. The lowest BCUT2D eigenvalue weighted by atomic mass is 10.0. The molecule has 0 radical (unpaired) electrons. The summed E-state index contributed by atoms with van der Waals surface area (Å²) in [5.41, 5.74) is 0.811. The number of aliphatic hydroxyl groups excluding tert-OH is 1. The van der Waals surface area contributed by atoms with Crippen LogP contribution in [-0.2, 0) is 6.54 Å². The zero-order valence-electron chi connectivity index (χ0n) is 13.1. The van der Waals surface area contributed by atoms with Crippen molar-refractivity contribution in [3.63, 3.8) is 0 Å². The molecule has 0 saturated heterocycles. The predicted molar refractivity (Wildman–Crippen MR) is 79.8 cm³/mol. The van der Waals surface area contributed by atoms with E-state index in [9.17, 15) is 18.3 Å². The molecule has 3 rings (SSSR count). The summed E-state index contributed by atoms with van der Waals surface area (Å²) in [5, 5.41) is 9.70. The van der Waals surface area contributed by atoms with Crippen LogP contribution in [0.15, 0.2) is 24.3 Å². The fraction of sp³-hybridized carbons (Fsp3) is 0.647. The first kappa shape index (κ1) is 16.6. The number of hydrogen-bond donors (Lipinski definition) is 1. The molecule has 4 atom stereocenters. The molecular formula is C17H22F3NO2. The Labute approximate surface area is 134 Å². The van der Waals surface area contributed by atoms with Crippen LogP contribution in [0.4, 0.5) is 13.2 Å². The molecule has 0 spiro atoms. The van der Waals surface area contributed by atoms with E-state index in [1.165, 1.54) is 12.1 Å². The Morgan fingerprint density at radius 2 is 1.83 bits per heavy atom. The van der Waals surface area contributed by atoms with E-state index in [1.54, 1.807) is 6.07 Å². The van der Waals surface area contributed by atoms with Gasteiger partial charge in [0.05, 0.1) is 6.10 Å². The van der Waals surface area contributed by atoms with Gasteiger partial charge in [-0.2, -0.15) is 0 Å². The second-order valence-corrected chi connectivity index (χ2v) is 6.88. The number of rotatable bonds is 4. The summed E-state index contributed by atoms with van der Waals surface area (Å²) in [6.45, 7) is 0.599. The minimum Gasteiger partial charge on any atom is -0.406 e. The summed E-state index contributed by atoms with van der Waals surface area (Å²) in [6, 6.07) is 6.61. The molecular weight excluding hydrogens is 307 g/mol. The van der Waals surface area contributed by atoms with Crippen molar-refractivity contribution in [2.75, 3.05) is 7.05 Å². The maximum absolute atomic E-state index is 12.3. The topological polar surface area (TPSA) is 32.7 Å². The van der Waals surface area contributed by atoms with Gasteiger partial charge in [0.15, 0.2) is 0 Å². The van der Waals surface area contributed by atoms with Gasteiger partial charge in [0, 0.05) is 12.6 Å². The van der Waals surface area contributed by atoms with Gasteiger partial charge in [-0.15, -0.1) is 13.2 Å². The molecule has 6 heteroatoms. The fourth-order valence-electron chi connectivity index (χ4n) is 4.17. The molecule has 1 aromatic rings. The van der Waals surface area contributed by atoms with E-state index >= 15 is 0 Å². The molecule has 2 unspecified atom stereocenters. The smallest absolute Gasteiger partial charge is 0.406 e. The first-order valence-corrected chi connectivity index (χ1v) is 8.03. The second kappa shape index (κ2) is 6.32. The number of aliphatic hydroxyl groups is 1. The Balaban J connectivity index is 1.58. The highest BCUT2D eigenvalue weighted by atomic mass is 19.4. The molecule has 1 N–H and O–H groups in total. The van der Waals surface area contributed by atoms with Crippen LogP contribution in [0.5, 0.6) is 5.75 Å². The van der Waals surface area contributed by atoms with Gasteiger partial charge in [-0.25, -0.2) is 0 Å². The van der Waals surface area contributed by atoms with E-state index in [2.05, 4.69) is 9.64 Å². The van der Waals surface area contributed by atoms with Crippen LogP contribution in [0.1, 0.15) is 31.2 Å². The summed E-state index contributed by atoms with van der Waals surface area (Å²) >= 11 is 0. The highest BCUT2D eigenvalue weighted by Crippen LogP contribution is 2.45. The molecule has 2 aliphatic rings. The van der Waals surface area contributed by atoms with E-state index in [0.29, 0.717) is 24.4 Å². The van der Waals surface area contributed by atoms with E-state index in [-0.39, 0.29) is 11.9 Å². The number of alkyl halides is 3. The van der Waals surface area contributed by atoms with E-state index in [1.807, 2.05) is 13.1 Å².